The molecule has 1 atom stereocenters. The third kappa shape index (κ3) is 2.23. The fraction of sp³-hybridized carbons (Fsp3) is 0.364. The molecule has 1 N–H and O–H groups in total. The van der Waals surface area contributed by atoms with Crippen molar-refractivity contribution in [2.75, 3.05) is 11.9 Å². The molecule has 1 unspecified atom stereocenters. The molecule has 0 saturated heterocycles. The van der Waals surface area contributed by atoms with Crippen molar-refractivity contribution in [1.29, 1.82) is 0 Å². The molecule has 0 spiro atoms. The van der Waals surface area contributed by atoms with Gasteiger partial charge in [0.15, 0.2) is 0 Å². The van der Waals surface area contributed by atoms with Gasteiger partial charge in [-0.15, -0.1) is 11.6 Å². The van der Waals surface area contributed by atoms with Crippen LogP contribution in [-0.2, 0) is 11.2 Å². The second kappa shape index (κ2) is 4.11. The number of carbonyl (C=O) groups excluding carboxylic acids is 1. The van der Waals surface area contributed by atoms with Crippen LogP contribution in [0.25, 0.3) is 0 Å². The Morgan fingerprint density at radius 1 is 1.60 bits per heavy atom. The standard InChI is InChI=1S/C11H12ClNO2/c1-7(12)11(14)13-9-2-3-10-8(6-9)4-5-15-10/h2-3,6-7H,4-5H2,1H3,(H,13,14). The predicted molar refractivity (Wildman–Crippen MR) is 59.6 cm³/mol. The summed E-state index contributed by atoms with van der Waals surface area (Å²) in [6, 6.07) is 5.62. The summed E-state index contributed by atoms with van der Waals surface area (Å²) in [6.45, 7) is 2.37. The number of amides is 1. The van der Waals surface area contributed by atoms with E-state index in [0.717, 1.165) is 30.0 Å². The number of rotatable bonds is 2. The van der Waals surface area contributed by atoms with Crippen LogP contribution < -0.4 is 10.1 Å². The molecule has 1 aliphatic heterocycles. The Morgan fingerprint density at radius 2 is 2.40 bits per heavy atom. The van der Waals surface area contributed by atoms with E-state index in [1.807, 2.05) is 18.2 Å². The van der Waals surface area contributed by atoms with Gasteiger partial charge in [0.05, 0.1) is 6.61 Å². The van der Waals surface area contributed by atoms with Crippen LogP contribution in [0.4, 0.5) is 5.69 Å². The van der Waals surface area contributed by atoms with Crippen molar-refractivity contribution in [2.24, 2.45) is 0 Å². The van der Waals surface area contributed by atoms with Crippen LogP contribution in [0.5, 0.6) is 5.75 Å². The quantitative estimate of drug-likeness (QED) is 0.784. The minimum absolute atomic E-state index is 0.185. The van der Waals surface area contributed by atoms with Gasteiger partial charge in [-0.2, -0.15) is 0 Å². The van der Waals surface area contributed by atoms with Gasteiger partial charge >= 0.3 is 0 Å². The molecule has 0 aromatic heterocycles. The summed E-state index contributed by atoms with van der Waals surface area (Å²) in [5, 5.41) is 2.23. The molecule has 0 bridgehead atoms. The maximum Gasteiger partial charge on any atom is 0.242 e. The van der Waals surface area contributed by atoms with Gasteiger partial charge in [0.25, 0.3) is 0 Å². The number of benzene rings is 1. The molecule has 1 heterocycles. The summed E-state index contributed by atoms with van der Waals surface area (Å²) in [5.74, 6) is 0.724. The number of hydrogen-bond donors (Lipinski definition) is 1. The zero-order valence-electron chi connectivity index (χ0n) is 8.42. The third-order valence-corrected chi connectivity index (χ3v) is 2.52. The molecule has 80 valence electrons. The van der Waals surface area contributed by atoms with E-state index in [-0.39, 0.29) is 5.91 Å². The molecule has 1 aromatic carbocycles. The van der Waals surface area contributed by atoms with Gasteiger partial charge in [-0.25, -0.2) is 0 Å². The van der Waals surface area contributed by atoms with Gasteiger partial charge in [-0.05, 0) is 30.7 Å². The molecule has 2 rings (SSSR count). The monoisotopic (exact) mass is 225 g/mol. The highest BCUT2D eigenvalue weighted by Gasteiger charge is 2.14. The van der Waals surface area contributed by atoms with E-state index in [1.54, 1.807) is 6.92 Å². The molecule has 4 heteroatoms. The lowest BCUT2D eigenvalue weighted by Gasteiger charge is -2.07. The lowest BCUT2D eigenvalue weighted by atomic mass is 10.1. The second-order valence-corrected chi connectivity index (χ2v) is 4.18. The second-order valence-electron chi connectivity index (χ2n) is 3.53. The molecule has 3 nitrogen and oxygen atoms in total. The lowest BCUT2D eigenvalue weighted by molar-refractivity contribution is -0.115. The molecular weight excluding hydrogens is 214 g/mol. The molecular formula is C11H12ClNO2. The minimum Gasteiger partial charge on any atom is -0.493 e. The van der Waals surface area contributed by atoms with Crippen LogP contribution in [0.2, 0.25) is 0 Å². The van der Waals surface area contributed by atoms with E-state index in [9.17, 15) is 4.79 Å². The largest absolute Gasteiger partial charge is 0.493 e. The van der Waals surface area contributed by atoms with Gasteiger partial charge < -0.3 is 10.1 Å². The fourth-order valence-corrected chi connectivity index (χ4v) is 1.56. The first-order chi connectivity index (χ1) is 7.16. The molecule has 15 heavy (non-hydrogen) atoms. The maximum atomic E-state index is 11.3. The Morgan fingerprint density at radius 3 is 3.13 bits per heavy atom. The number of ether oxygens (including phenoxy) is 1. The minimum atomic E-state index is -0.519. The van der Waals surface area contributed by atoms with Crippen LogP contribution in [-0.4, -0.2) is 17.9 Å². The zero-order valence-corrected chi connectivity index (χ0v) is 9.17. The topological polar surface area (TPSA) is 38.3 Å². The van der Waals surface area contributed by atoms with E-state index < -0.39 is 5.38 Å². The Bertz CT molecular complexity index is 390. The normalized spacial score (nSPS) is 15.3. The Kier molecular flexibility index (Phi) is 2.82. The highest BCUT2D eigenvalue weighted by Crippen LogP contribution is 2.27. The number of anilines is 1. The average Bonchev–Trinajstić information content (AvgIpc) is 2.64. The Labute approximate surface area is 93.4 Å². The molecule has 1 aliphatic rings. The van der Waals surface area contributed by atoms with Gasteiger partial charge in [-0.3, -0.25) is 4.79 Å². The summed E-state index contributed by atoms with van der Waals surface area (Å²) in [6.07, 6.45) is 0.898. The van der Waals surface area contributed by atoms with Crippen molar-refractivity contribution in [3.05, 3.63) is 23.8 Å². The summed E-state index contributed by atoms with van der Waals surface area (Å²) in [5.41, 5.74) is 1.91. The van der Waals surface area contributed by atoms with E-state index in [1.165, 1.54) is 0 Å². The van der Waals surface area contributed by atoms with E-state index >= 15 is 0 Å². The van der Waals surface area contributed by atoms with Gasteiger partial charge in [0.2, 0.25) is 5.91 Å². The Hall–Kier alpha value is -1.22. The summed E-state index contributed by atoms with van der Waals surface area (Å²) in [7, 11) is 0. The van der Waals surface area contributed by atoms with Crippen molar-refractivity contribution in [2.45, 2.75) is 18.7 Å². The first-order valence-corrected chi connectivity index (χ1v) is 5.31. The van der Waals surface area contributed by atoms with Crippen molar-refractivity contribution < 1.29 is 9.53 Å². The van der Waals surface area contributed by atoms with Crippen LogP contribution in [0.1, 0.15) is 12.5 Å². The van der Waals surface area contributed by atoms with Crippen molar-refractivity contribution >= 4 is 23.2 Å². The van der Waals surface area contributed by atoms with E-state index in [4.69, 9.17) is 16.3 Å². The number of carbonyl (C=O) groups is 1. The molecule has 1 amide bonds. The van der Waals surface area contributed by atoms with Gasteiger partial charge in [-0.1, -0.05) is 0 Å². The summed E-state index contributed by atoms with van der Waals surface area (Å²) < 4.78 is 5.37. The highest BCUT2D eigenvalue weighted by molar-refractivity contribution is 6.32. The third-order valence-electron chi connectivity index (χ3n) is 2.32. The number of alkyl halides is 1. The number of nitrogens with one attached hydrogen (secondary N) is 1. The van der Waals surface area contributed by atoms with Gasteiger partial charge in [0.1, 0.15) is 11.1 Å². The molecule has 1 aromatic rings. The molecule has 0 aliphatic carbocycles. The molecule has 0 fully saturated rings. The first kappa shape index (κ1) is 10.3. The Balaban J connectivity index is 2.13. The SMILES string of the molecule is CC(Cl)C(=O)Nc1ccc2c(c1)CCO2. The number of fused-ring (bicyclic) bond motifs is 1. The van der Waals surface area contributed by atoms with Crippen molar-refractivity contribution in [3.8, 4) is 5.75 Å². The van der Waals surface area contributed by atoms with E-state index in [0.29, 0.717) is 0 Å². The van der Waals surface area contributed by atoms with Crippen LogP contribution >= 0.6 is 11.6 Å². The molecule has 0 saturated carbocycles. The highest BCUT2D eigenvalue weighted by atomic mass is 35.5. The van der Waals surface area contributed by atoms with Gasteiger partial charge in [0, 0.05) is 12.1 Å². The van der Waals surface area contributed by atoms with Crippen LogP contribution in [0.3, 0.4) is 0 Å². The number of halogens is 1. The first-order valence-electron chi connectivity index (χ1n) is 4.87. The lowest BCUT2D eigenvalue weighted by Crippen LogP contribution is -2.20. The van der Waals surface area contributed by atoms with Crippen molar-refractivity contribution in [1.82, 2.24) is 0 Å². The van der Waals surface area contributed by atoms with Crippen molar-refractivity contribution in [3.63, 3.8) is 0 Å². The number of hydrogen-bond acceptors (Lipinski definition) is 2. The maximum absolute atomic E-state index is 11.3. The smallest absolute Gasteiger partial charge is 0.242 e. The zero-order chi connectivity index (χ0) is 10.8. The summed E-state index contributed by atoms with van der Waals surface area (Å²) >= 11 is 5.66. The predicted octanol–water partition coefficient (Wildman–Crippen LogP) is 2.19. The fourth-order valence-electron chi connectivity index (χ4n) is 1.51. The average molecular weight is 226 g/mol. The van der Waals surface area contributed by atoms with Crippen LogP contribution in [0.15, 0.2) is 18.2 Å². The molecule has 0 radical (unpaired) electrons. The van der Waals surface area contributed by atoms with Crippen LogP contribution in [0, 0.1) is 0 Å². The summed E-state index contributed by atoms with van der Waals surface area (Å²) in [4.78, 5) is 11.3. The van der Waals surface area contributed by atoms with E-state index in [2.05, 4.69) is 5.32 Å².